The SMILES string of the molecule is CCCCSc1ccncc1Br. The molecule has 1 rings (SSSR count). The van der Waals surface area contributed by atoms with E-state index in [-0.39, 0.29) is 0 Å². The zero-order valence-corrected chi connectivity index (χ0v) is 9.49. The Labute approximate surface area is 86.1 Å². The summed E-state index contributed by atoms with van der Waals surface area (Å²) in [4.78, 5) is 5.30. The Hall–Kier alpha value is -0.0200. The fraction of sp³-hybridized carbons (Fsp3) is 0.444. The van der Waals surface area contributed by atoms with Gasteiger partial charge in [-0.15, -0.1) is 11.8 Å². The van der Waals surface area contributed by atoms with Crippen molar-refractivity contribution in [2.75, 3.05) is 5.75 Å². The minimum atomic E-state index is 1.10. The van der Waals surface area contributed by atoms with E-state index in [0.717, 1.165) is 4.47 Å². The van der Waals surface area contributed by atoms with E-state index in [2.05, 4.69) is 27.8 Å². The molecule has 0 aliphatic heterocycles. The lowest BCUT2D eigenvalue weighted by Crippen LogP contribution is -1.80. The van der Waals surface area contributed by atoms with E-state index < -0.39 is 0 Å². The number of unbranched alkanes of at least 4 members (excludes halogenated alkanes) is 1. The van der Waals surface area contributed by atoms with Crippen molar-refractivity contribution in [1.82, 2.24) is 4.98 Å². The molecule has 1 heterocycles. The molecule has 0 saturated carbocycles. The lowest BCUT2D eigenvalue weighted by molar-refractivity contribution is 0.896. The summed E-state index contributed by atoms with van der Waals surface area (Å²) in [5.41, 5.74) is 0. The first-order valence-corrected chi connectivity index (χ1v) is 5.84. The van der Waals surface area contributed by atoms with Crippen molar-refractivity contribution in [2.24, 2.45) is 0 Å². The van der Waals surface area contributed by atoms with Gasteiger partial charge in [0.1, 0.15) is 0 Å². The summed E-state index contributed by atoms with van der Waals surface area (Å²) in [6.45, 7) is 2.21. The quantitative estimate of drug-likeness (QED) is 0.593. The zero-order chi connectivity index (χ0) is 8.81. The number of hydrogen-bond acceptors (Lipinski definition) is 2. The molecule has 0 amide bonds. The van der Waals surface area contributed by atoms with E-state index in [1.807, 2.05) is 30.2 Å². The second-order valence-corrected chi connectivity index (χ2v) is 4.50. The second kappa shape index (κ2) is 5.60. The number of halogens is 1. The van der Waals surface area contributed by atoms with Crippen LogP contribution in [0.1, 0.15) is 19.8 Å². The molecule has 0 N–H and O–H groups in total. The Kier molecular flexibility index (Phi) is 4.69. The van der Waals surface area contributed by atoms with Gasteiger partial charge in [0.25, 0.3) is 0 Å². The molecule has 0 atom stereocenters. The van der Waals surface area contributed by atoms with Crippen LogP contribution in [-0.2, 0) is 0 Å². The third-order valence-corrected chi connectivity index (χ3v) is 3.54. The molecule has 0 radical (unpaired) electrons. The van der Waals surface area contributed by atoms with Gasteiger partial charge < -0.3 is 0 Å². The monoisotopic (exact) mass is 245 g/mol. The molecule has 0 saturated heterocycles. The molecule has 12 heavy (non-hydrogen) atoms. The molecule has 3 heteroatoms. The van der Waals surface area contributed by atoms with Crippen LogP contribution in [0.3, 0.4) is 0 Å². The molecule has 0 aliphatic carbocycles. The molecule has 1 aromatic rings. The Balaban J connectivity index is 2.46. The number of aromatic nitrogens is 1. The molecule has 0 unspecified atom stereocenters. The average molecular weight is 246 g/mol. The maximum absolute atomic E-state index is 4.01. The van der Waals surface area contributed by atoms with Crippen LogP contribution in [0.4, 0.5) is 0 Å². The van der Waals surface area contributed by atoms with E-state index in [9.17, 15) is 0 Å². The summed E-state index contributed by atoms with van der Waals surface area (Å²) in [6.07, 6.45) is 6.21. The highest BCUT2D eigenvalue weighted by Gasteiger charge is 1.97. The van der Waals surface area contributed by atoms with E-state index in [1.165, 1.54) is 23.5 Å². The molecular formula is C9H12BrNS. The minimum Gasteiger partial charge on any atom is -0.263 e. The van der Waals surface area contributed by atoms with Gasteiger partial charge in [0.2, 0.25) is 0 Å². The third kappa shape index (κ3) is 3.15. The molecule has 0 aliphatic rings. The molecule has 0 spiro atoms. The highest BCUT2D eigenvalue weighted by Crippen LogP contribution is 2.26. The van der Waals surface area contributed by atoms with Crippen molar-refractivity contribution in [3.63, 3.8) is 0 Å². The lowest BCUT2D eigenvalue weighted by Gasteiger charge is -2.01. The molecule has 0 fully saturated rings. The first-order valence-electron chi connectivity index (χ1n) is 4.07. The summed E-state index contributed by atoms with van der Waals surface area (Å²) in [5, 5.41) is 0. The molecule has 1 aromatic heterocycles. The van der Waals surface area contributed by atoms with Crippen LogP contribution >= 0.6 is 27.7 Å². The van der Waals surface area contributed by atoms with Crippen LogP contribution in [0.15, 0.2) is 27.8 Å². The lowest BCUT2D eigenvalue weighted by atomic mass is 10.4. The number of hydrogen-bond donors (Lipinski definition) is 0. The van der Waals surface area contributed by atoms with Crippen molar-refractivity contribution in [1.29, 1.82) is 0 Å². The summed E-state index contributed by atoms with van der Waals surface area (Å²) < 4.78 is 1.10. The van der Waals surface area contributed by atoms with E-state index in [0.29, 0.717) is 0 Å². The Morgan fingerprint density at radius 1 is 1.58 bits per heavy atom. The van der Waals surface area contributed by atoms with Crippen molar-refractivity contribution in [3.05, 3.63) is 22.9 Å². The van der Waals surface area contributed by atoms with Crippen LogP contribution in [0.5, 0.6) is 0 Å². The largest absolute Gasteiger partial charge is 0.263 e. The smallest absolute Gasteiger partial charge is 0.0494 e. The van der Waals surface area contributed by atoms with Crippen molar-refractivity contribution < 1.29 is 0 Å². The van der Waals surface area contributed by atoms with Gasteiger partial charge in [-0.05, 0) is 34.2 Å². The van der Waals surface area contributed by atoms with Gasteiger partial charge in [-0.1, -0.05) is 13.3 Å². The van der Waals surface area contributed by atoms with Gasteiger partial charge in [0, 0.05) is 21.8 Å². The molecule has 66 valence electrons. The fourth-order valence-corrected chi connectivity index (χ4v) is 2.40. The number of rotatable bonds is 4. The molecular weight excluding hydrogens is 234 g/mol. The van der Waals surface area contributed by atoms with E-state index in [4.69, 9.17) is 0 Å². The highest BCUT2D eigenvalue weighted by atomic mass is 79.9. The summed E-state index contributed by atoms with van der Waals surface area (Å²) in [6, 6.07) is 2.05. The molecule has 0 bridgehead atoms. The van der Waals surface area contributed by atoms with Crippen LogP contribution < -0.4 is 0 Å². The Morgan fingerprint density at radius 3 is 3.08 bits per heavy atom. The molecule has 0 aromatic carbocycles. The predicted octanol–water partition coefficient (Wildman–Crippen LogP) is 3.74. The first kappa shape index (κ1) is 10.1. The van der Waals surface area contributed by atoms with Gasteiger partial charge in [-0.25, -0.2) is 0 Å². The first-order chi connectivity index (χ1) is 5.84. The third-order valence-electron chi connectivity index (χ3n) is 1.49. The standard InChI is InChI=1S/C9H12BrNS/c1-2-3-6-12-9-4-5-11-7-8(9)10/h4-5,7H,2-3,6H2,1H3. The number of nitrogens with zero attached hydrogens (tertiary/aromatic N) is 1. The topological polar surface area (TPSA) is 12.9 Å². The summed E-state index contributed by atoms with van der Waals surface area (Å²) >= 11 is 5.35. The summed E-state index contributed by atoms with van der Waals surface area (Å²) in [5.74, 6) is 1.19. The second-order valence-electron chi connectivity index (χ2n) is 2.51. The molecule has 1 nitrogen and oxygen atoms in total. The Morgan fingerprint density at radius 2 is 2.42 bits per heavy atom. The van der Waals surface area contributed by atoms with Crippen LogP contribution in [0.25, 0.3) is 0 Å². The predicted molar refractivity (Wildman–Crippen MR) is 57.6 cm³/mol. The summed E-state index contributed by atoms with van der Waals surface area (Å²) in [7, 11) is 0. The van der Waals surface area contributed by atoms with Gasteiger partial charge in [0.05, 0.1) is 0 Å². The van der Waals surface area contributed by atoms with Gasteiger partial charge in [-0.3, -0.25) is 4.98 Å². The fourth-order valence-electron chi connectivity index (χ4n) is 0.806. The van der Waals surface area contributed by atoms with Gasteiger partial charge >= 0.3 is 0 Å². The van der Waals surface area contributed by atoms with Crippen LogP contribution in [0.2, 0.25) is 0 Å². The Bertz CT molecular complexity index is 240. The van der Waals surface area contributed by atoms with Crippen molar-refractivity contribution >= 4 is 27.7 Å². The highest BCUT2D eigenvalue weighted by molar-refractivity contribution is 9.10. The number of pyridine rings is 1. The van der Waals surface area contributed by atoms with E-state index in [1.54, 1.807) is 0 Å². The maximum atomic E-state index is 4.01. The minimum absolute atomic E-state index is 1.10. The van der Waals surface area contributed by atoms with E-state index >= 15 is 0 Å². The van der Waals surface area contributed by atoms with Crippen LogP contribution in [-0.4, -0.2) is 10.7 Å². The normalized spacial score (nSPS) is 10.2. The van der Waals surface area contributed by atoms with Gasteiger partial charge in [-0.2, -0.15) is 0 Å². The van der Waals surface area contributed by atoms with Crippen molar-refractivity contribution in [2.45, 2.75) is 24.7 Å². The van der Waals surface area contributed by atoms with Gasteiger partial charge in [0.15, 0.2) is 0 Å². The maximum Gasteiger partial charge on any atom is 0.0494 e. The average Bonchev–Trinajstić information content (AvgIpc) is 2.09. The zero-order valence-electron chi connectivity index (χ0n) is 7.09. The van der Waals surface area contributed by atoms with Crippen LogP contribution in [0, 0.1) is 0 Å². The van der Waals surface area contributed by atoms with Crippen molar-refractivity contribution in [3.8, 4) is 0 Å². The number of thioether (sulfide) groups is 1.